The minimum absolute atomic E-state index is 0.513. The third-order valence-electron chi connectivity index (χ3n) is 5.99. The first-order chi connectivity index (χ1) is 13.9. The second-order valence-electron chi connectivity index (χ2n) is 8.34. The summed E-state index contributed by atoms with van der Waals surface area (Å²) in [5.41, 5.74) is 0. The van der Waals surface area contributed by atoms with E-state index >= 15 is 0 Å². The van der Waals surface area contributed by atoms with Gasteiger partial charge in [-0.2, -0.15) is 0 Å². The number of halogens is 1. The molecule has 0 aliphatic heterocycles. The van der Waals surface area contributed by atoms with Crippen LogP contribution in [0.5, 0.6) is 0 Å². The van der Waals surface area contributed by atoms with Gasteiger partial charge in [-0.1, -0.05) is 0 Å². The molecule has 0 fully saturated rings. The molecule has 0 heterocycles. The van der Waals surface area contributed by atoms with Crippen LogP contribution in [-0.2, 0) is 0 Å². The Balaban J connectivity index is 2.27. The number of rotatable bonds is 8. The summed E-state index contributed by atoms with van der Waals surface area (Å²) in [5.74, 6) is 0. The minimum atomic E-state index is -2.82. The van der Waals surface area contributed by atoms with Gasteiger partial charge < -0.3 is 0 Å². The number of hydrogen-bond donors (Lipinski definition) is 0. The average Bonchev–Trinajstić information content (AvgIpc) is 2.75. The van der Waals surface area contributed by atoms with Crippen LogP contribution in [0.15, 0.2) is 91.0 Å². The van der Waals surface area contributed by atoms with E-state index in [-0.39, 0.29) is 0 Å². The molecule has 0 radical (unpaired) electrons. The van der Waals surface area contributed by atoms with Gasteiger partial charge in [0.05, 0.1) is 0 Å². The maximum atomic E-state index is 4.55. The molecule has 154 valence electrons. The van der Waals surface area contributed by atoms with Gasteiger partial charge >= 0.3 is 185 Å². The number of hydrogen-bond acceptors (Lipinski definition) is 1. The first-order valence-electron chi connectivity index (χ1n) is 10.5. The molecular formula is C26H33BrNP. The van der Waals surface area contributed by atoms with Crippen molar-refractivity contribution >= 4 is 36.7 Å². The Hall–Kier alpha value is -1.47. The van der Waals surface area contributed by atoms with Crippen molar-refractivity contribution in [1.82, 2.24) is 4.90 Å². The molecule has 0 saturated heterocycles. The monoisotopic (exact) mass is 469 g/mol. The summed E-state index contributed by atoms with van der Waals surface area (Å²) in [6.07, 6.45) is 1.06. The Bertz CT molecular complexity index is 786. The van der Waals surface area contributed by atoms with Crippen LogP contribution in [0, 0.1) is 0 Å². The predicted molar refractivity (Wildman–Crippen MR) is 136 cm³/mol. The van der Waals surface area contributed by atoms with Crippen molar-refractivity contribution in [3.8, 4) is 0 Å². The van der Waals surface area contributed by atoms with Crippen LogP contribution in [0.1, 0.15) is 27.7 Å². The molecule has 29 heavy (non-hydrogen) atoms. The van der Waals surface area contributed by atoms with Gasteiger partial charge in [-0.25, -0.2) is 0 Å². The van der Waals surface area contributed by atoms with E-state index in [1.807, 2.05) is 0 Å². The summed E-state index contributed by atoms with van der Waals surface area (Å²) in [7, 11) is 0. The fourth-order valence-corrected chi connectivity index (χ4v) is 11.7. The second kappa shape index (κ2) is 9.13. The van der Waals surface area contributed by atoms with Crippen LogP contribution in [0.3, 0.4) is 0 Å². The zero-order valence-electron chi connectivity index (χ0n) is 18.0. The molecule has 3 heteroatoms. The molecule has 3 aromatic rings. The molecule has 3 rings (SSSR count). The quantitative estimate of drug-likeness (QED) is 0.368. The first-order valence-corrected chi connectivity index (χ1v) is 15.0. The van der Waals surface area contributed by atoms with E-state index in [9.17, 15) is 0 Å². The Morgan fingerprint density at radius 3 is 1.21 bits per heavy atom. The summed E-state index contributed by atoms with van der Waals surface area (Å²) in [4.78, 5) is 2.61. The molecule has 0 aliphatic carbocycles. The SMILES string of the molecule is CC(C)N(CCP(Br)(c1ccccc1)(c1ccccc1)c1ccccc1)C(C)C. The zero-order valence-corrected chi connectivity index (χ0v) is 20.5. The van der Waals surface area contributed by atoms with Crippen LogP contribution in [0.2, 0.25) is 0 Å². The summed E-state index contributed by atoms with van der Waals surface area (Å²) in [5, 5.41) is 1.35. The van der Waals surface area contributed by atoms with Gasteiger partial charge in [0, 0.05) is 0 Å². The third-order valence-corrected chi connectivity index (χ3v) is 15.9. The molecule has 0 atom stereocenters. The van der Waals surface area contributed by atoms with E-state index in [0.717, 1.165) is 12.7 Å². The van der Waals surface area contributed by atoms with Crippen molar-refractivity contribution in [2.75, 3.05) is 12.7 Å². The zero-order chi connectivity index (χ0) is 20.9. The second-order valence-corrected chi connectivity index (χ2v) is 17.4. The van der Waals surface area contributed by atoms with E-state index in [1.165, 1.54) is 15.9 Å². The molecular weight excluding hydrogens is 437 g/mol. The fourth-order valence-electron chi connectivity index (χ4n) is 4.47. The molecule has 0 saturated carbocycles. The van der Waals surface area contributed by atoms with Crippen LogP contribution in [0.25, 0.3) is 0 Å². The van der Waals surface area contributed by atoms with Crippen LogP contribution in [0.4, 0.5) is 0 Å². The van der Waals surface area contributed by atoms with E-state index < -0.39 is 5.31 Å². The summed E-state index contributed by atoms with van der Waals surface area (Å²) >= 11 is 4.55. The van der Waals surface area contributed by atoms with Gasteiger partial charge in [0.1, 0.15) is 0 Å². The molecule has 0 aromatic heterocycles. The van der Waals surface area contributed by atoms with Crippen LogP contribution in [-0.4, -0.2) is 29.7 Å². The van der Waals surface area contributed by atoms with Gasteiger partial charge in [-0.15, -0.1) is 0 Å². The van der Waals surface area contributed by atoms with Gasteiger partial charge in [0.2, 0.25) is 0 Å². The maximum absolute atomic E-state index is 4.55. The molecule has 1 nitrogen and oxygen atoms in total. The summed E-state index contributed by atoms with van der Waals surface area (Å²) in [6, 6.07) is 34.2. The van der Waals surface area contributed by atoms with Crippen molar-refractivity contribution in [2.24, 2.45) is 0 Å². The Labute approximate surface area is 184 Å². The van der Waals surface area contributed by atoms with Crippen LogP contribution < -0.4 is 15.9 Å². The Kier molecular flexibility index (Phi) is 6.99. The first kappa shape index (κ1) is 22.2. The fraction of sp³-hybridized carbons (Fsp3) is 0.308. The topological polar surface area (TPSA) is 3.24 Å². The van der Waals surface area contributed by atoms with Crippen molar-refractivity contribution in [2.45, 2.75) is 39.8 Å². The predicted octanol–water partition coefficient (Wildman–Crippen LogP) is 5.94. The standard InChI is InChI=1S/C26H33BrNP/c1-22(2)28(23(3)4)20-21-29(27,24-14-8-5-9-15-24,25-16-10-6-11-17-25)26-18-12-7-13-19-26/h5-19,22-23H,20-21H2,1-4H3. The van der Waals surface area contributed by atoms with E-state index in [4.69, 9.17) is 0 Å². The van der Waals surface area contributed by atoms with E-state index in [1.54, 1.807) is 0 Å². The number of nitrogens with zero attached hydrogens (tertiary/aromatic N) is 1. The Morgan fingerprint density at radius 2 is 0.931 bits per heavy atom. The molecule has 0 amide bonds. The Morgan fingerprint density at radius 1 is 0.621 bits per heavy atom. The molecule has 0 N–H and O–H groups in total. The van der Waals surface area contributed by atoms with Crippen molar-refractivity contribution < 1.29 is 0 Å². The van der Waals surface area contributed by atoms with Gasteiger partial charge in [-0.05, 0) is 0 Å². The van der Waals surface area contributed by atoms with Gasteiger partial charge in [0.25, 0.3) is 0 Å². The van der Waals surface area contributed by atoms with Gasteiger partial charge in [0.15, 0.2) is 0 Å². The molecule has 0 spiro atoms. The van der Waals surface area contributed by atoms with Gasteiger partial charge in [-0.3, -0.25) is 0 Å². The molecule has 0 bridgehead atoms. The summed E-state index contributed by atoms with van der Waals surface area (Å²) in [6.45, 7) is 10.2. The van der Waals surface area contributed by atoms with Crippen LogP contribution >= 0.6 is 20.8 Å². The normalized spacial score (nSPS) is 13.6. The molecule has 0 aliphatic rings. The van der Waals surface area contributed by atoms with E-state index in [2.05, 4.69) is 139 Å². The van der Waals surface area contributed by atoms with Crippen molar-refractivity contribution in [3.63, 3.8) is 0 Å². The molecule has 0 unspecified atom stereocenters. The number of benzene rings is 3. The third kappa shape index (κ3) is 4.22. The molecule has 3 aromatic carbocycles. The van der Waals surface area contributed by atoms with Crippen molar-refractivity contribution in [3.05, 3.63) is 91.0 Å². The summed E-state index contributed by atoms with van der Waals surface area (Å²) < 4.78 is 0. The van der Waals surface area contributed by atoms with E-state index in [0.29, 0.717) is 12.1 Å². The average molecular weight is 470 g/mol. The van der Waals surface area contributed by atoms with Crippen molar-refractivity contribution in [1.29, 1.82) is 0 Å².